The fraction of sp³-hybridized carbons (Fsp3) is 0.615. The van der Waals surface area contributed by atoms with Crippen LogP contribution in [0.3, 0.4) is 0 Å². The van der Waals surface area contributed by atoms with Crippen LogP contribution in [0.5, 0.6) is 0 Å². The van der Waals surface area contributed by atoms with Crippen LogP contribution in [-0.4, -0.2) is 30.0 Å². The smallest absolute Gasteiger partial charge is 0.352 e. The number of carboxylic acid groups (broad SMARTS) is 1. The van der Waals surface area contributed by atoms with Crippen LogP contribution < -0.4 is 4.72 Å². The van der Waals surface area contributed by atoms with Crippen molar-refractivity contribution < 1.29 is 18.3 Å². The van der Waals surface area contributed by atoms with Crippen molar-refractivity contribution in [2.24, 2.45) is 5.92 Å². The molecule has 3 N–H and O–H groups in total. The summed E-state index contributed by atoms with van der Waals surface area (Å²) in [4.78, 5) is 13.7. The maximum absolute atomic E-state index is 12.5. The van der Waals surface area contributed by atoms with Gasteiger partial charge in [-0.25, -0.2) is 17.9 Å². The van der Waals surface area contributed by atoms with Crippen LogP contribution in [0.1, 0.15) is 48.4 Å². The fourth-order valence-corrected chi connectivity index (χ4v) is 4.56. The number of carboxylic acids is 1. The van der Waals surface area contributed by atoms with Crippen LogP contribution in [0.25, 0.3) is 0 Å². The Morgan fingerprint density at radius 1 is 1.35 bits per heavy atom. The van der Waals surface area contributed by atoms with Crippen molar-refractivity contribution in [2.45, 2.75) is 51.0 Å². The molecule has 0 amide bonds. The number of hydrogen-bond acceptors (Lipinski definition) is 3. The lowest BCUT2D eigenvalue weighted by Crippen LogP contribution is -2.45. The first-order valence-electron chi connectivity index (χ1n) is 6.52. The van der Waals surface area contributed by atoms with E-state index in [-0.39, 0.29) is 16.2 Å². The highest BCUT2D eigenvalue weighted by Gasteiger charge is 2.41. The summed E-state index contributed by atoms with van der Waals surface area (Å²) in [7, 11) is -3.74. The molecule has 0 bridgehead atoms. The first-order chi connectivity index (χ1) is 9.06. The van der Waals surface area contributed by atoms with Crippen molar-refractivity contribution in [3.8, 4) is 0 Å². The van der Waals surface area contributed by atoms with E-state index in [1.54, 1.807) is 6.92 Å². The molecule has 1 fully saturated rings. The maximum Gasteiger partial charge on any atom is 0.352 e. The van der Waals surface area contributed by atoms with Crippen molar-refractivity contribution in [3.63, 3.8) is 0 Å². The van der Waals surface area contributed by atoms with Crippen LogP contribution in [0.15, 0.2) is 4.90 Å². The number of hydrogen-bond donors (Lipinski definition) is 3. The van der Waals surface area contributed by atoms with E-state index in [0.29, 0.717) is 11.6 Å². The molecular formula is C13H20N2O4S. The molecule has 1 aliphatic carbocycles. The zero-order chi connectivity index (χ0) is 15.3. The summed E-state index contributed by atoms with van der Waals surface area (Å²) in [5.41, 5.74) is -0.00143. The van der Waals surface area contributed by atoms with E-state index in [2.05, 4.69) is 9.71 Å². The van der Waals surface area contributed by atoms with E-state index in [4.69, 9.17) is 5.11 Å². The Kier molecular flexibility index (Phi) is 3.46. The third-order valence-corrected chi connectivity index (χ3v) is 5.79. The summed E-state index contributed by atoms with van der Waals surface area (Å²) in [6.45, 7) is 6.79. The Morgan fingerprint density at radius 3 is 2.30 bits per heavy atom. The van der Waals surface area contributed by atoms with E-state index in [1.807, 2.05) is 13.8 Å². The second kappa shape index (κ2) is 4.60. The molecule has 0 unspecified atom stereocenters. The van der Waals surface area contributed by atoms with Crippen molar-refractivity contribution in [1.82, 2.24) is 9.71 Å². The molecule has 20 heavy (non-hydrogen) atoms. The molecule has 1 aliphatic rings. The number of sulfonamides is 1. The van der Waals surface area contributed by atoms with Gasteiger partial charge in [-0.15, -0.1) is 0 Å². The molecule has 2 rings (SSSR count). The second-order valence-corrected chi connectivity index (χ2v) is 7.60. The van der Waals surface area contributed by atoms with Crippen LogP contribution >= 0.6 is 0 Å². The minimum Gasteiger partial charge on any atom is -0.477 e. The molecule has 0 spiro atoms. The van der Waals surface area contributed by atoms with Crippen LogP contribution in [-0.2, 0) is 10.0 Å². The molecule has 0 aliphatic heterocycles. The van der Waals surface area contributed by atoms with Crippen LogP contribution in [0, 0.1) is 19.8 Å². The number of aromatic amines is 1. The summed E-state index contributed by atoms with van der Waals surface area (Å²) in [6.07, 6.45) is 2.03. The average molecular weight is 300 g/mol. The molecule has 6 nitrogen and oxygen atoms in total. The van der Waals surface area contributed by atoms with E-state index < -0.39 is 21.5 Å². The highest BCUT2D eigenvalue weighted by atomic mass is 32.2. The average Bonchev–Trinajstić information content (AvgIpc) is 3.03. The molecule has 0 saturated heterocycles. The number of aryl methyl sites for hydroxylation is 1. The number of aromatic carboxylic acids is 1. The van der Waals surface area contributed by atoms with Crippen LogP contribution in [0.2, 0.25) is 0 Å². The number of carbonyl (C=O) groups is 1. The van der Waals surface area contributed by atoms with E-state index in [9.17, 15) is 13.2 Å². The molecule has 0 atom stereocenters. The number of H-pyrrole nitrogens is 1. The van der Waals surface area contributed by atoms with Gasteiger partial charge in [-0.2, -0.15) is 0 Å². The predicted molar refractivity (Wildman–Crippen MR) is 74.4 cm³/mol. The van der Waals surface area contributed by atoms with Gasteiger partial charge in [0.2, 0.25) is 10.0 Å². The highest BCUT2D eigenvalue weighted by Crippen LogP contribution is 2.40. The molecule has 1 saturated carbocycles. The topological polar surface area (TPSA) is 99.3 Å². The molecule has 1 heterocycles. The predicted octanol–water partition coefficient (Wildman–Crippen LogP) is 1.80. The third-order valence-electron chi connectivity index (χ3n) is 3.85. The molecule has 1 aromatic heterocycles. The molecule has 0 radical (unpaired) electrons. The van der Waals surface area contributed by atoms with Gasteiger partial charge >= 0.3 is 5.97 Å². The van der Waals surface area contributed by atoms with Gasteiger partial charge in [-0.3, -0.25) is 0 Å². The second-order valence-electron chi connectivity index (χ2n) is 5.99. The first-order valence-corrected chi connectivity index (χ1v) is 8.01. The molecule has 0 aromatic carbocycles. The summed E-state index contributed by atoms with van der Waals surface area (Å²) < 4.78 is 27.8. The van der Waals surface area contributed by atoms with Crippen molar-refractivity contribution >= 4 is 16.0 Å². The zero-order valence-corrected chi connectivity index (χ0v) is 12.9. The Balaban J connectivity index is 2.42. The summed E-state index contributed by atoms with van der Waals surface area (Å²) in [5, 5.41) is 9.05. The lowest BCUT2D eigenvalue weighted by Gasteiger charge is -2.26. The number of rotatable bonds is 5. The minimum absolute atomic E-state index is 0.0450. The van der Waals surface area contributed by atoms with Gasteiger partial charge in [0.15, 0.2) is 0 Å². The fourth-order valence-electron chi connectivity index (χ4n) is 2.64. The standard InChI is InChI=1S/C13H20N2O4S/c1-7-10(12(16)17)14-8(2)11(7)20(18,19)15-13(3,4)9-5-6-9/h9,14-15H,5-6H2,1-4H3,(H,16,17). The lowest BCUT2D eigenvalue weighted by molar-refractivity contribution is 0.0690. The Labute approximate surface area is 118 Å². The van der Waals surface area contributed by atoms with Gasteiger partial charge in [-0.05, 0) is 46.5 Å². The Hall–Kier alpha value is -1.34. The normalized spacial score (nSPS) is 16.4. The summed E-state index contributed by atoms with van der Waals surface area (Å²) >= 11 is 0. The lowest BCUT2D eigenvalue weighted by atomic mass is 10.0. The van der Waals surface area contributed by atoms with Gasteiger partial charge in [0.1, 0.15) is 10.6 Å². The Bertz CT molecular complexity index is 654. The van der Waals surface area contributed by atoms with E-state index in [1.165, 1.54) is 6.92 Å². The zero-order valence-electron chi connectivity index (χ0n) is 12.1. The quantitative estimate of drug-likeness (QED) is 0.772. The third kappa shape index (κ3) is 2.60. The molecule has 112 valence electrons. The van der Waals surface area contributed by atoms with Crippen molar-refractivity contribution in [1.29, 1.82) is 0 Å². The molecular weight excluding hydrogens is 280 g/mol. The van der Waals surface area contributed by atoms with Gasteiger partial charge in [0.05, 0.1) is 0 Å². The maximum atomic E-state index is 12.5. The van der Waals surface area contributed by atoms with Crippen molar-refractivity contribution in [2.75, 3.05) is 0 Å². The van der Waals surface area contributed by atoms with E-state index in [0.717, 1.165) is 12.8 Å². The largest absolute Gasteiger partial charge is 0.477 e. The summed E-state index contributed by atoms with van der Waals surface area (Å²) in [6, 6.07) is 0. The van der Waals surface area contributed by atoms with Gasteiger partial charge in [-0.1, -0.05) is 0 Å². The van der Waals surface area contributed by atoms with Gasteiger partial charge < -0.3 is 10.1 Å². The van der Waals surface area contributed by atoms with Crippen LogP contribution in [0.4, 0.5) is 0 Å². The number of aromatic nitrogens is 1. The Morgan fingerprint density at radius 2 is 1.90 bits per heavy atom. The van der Waals surface area contributed by atoms with Crippen molar-refractivity contribution in [3.05, 3.63) is 17.0 Å². The van der Waals surface area contributed by atoms with Gasteiger partial charge in [0.25, 0.3) is 0 Å². The SMILES string of the molecule is Cc1[nH]c(C(=O)O)c(C)c1S(=O)(=O)NC(C)(C)C1CC1. The highest BCUT2D eigenvalue weighted by molar-refractivity contribution is 7.89. The first kappa shape index (κ1) is 15.1. The molecule has 1 aromatic rings. The molecule has 7 heteroatoms. The number of nitrogens with one attached hydrogen (secondary N) is 2. The monoisotopic (exact) mass is 300 g/mol. The van der Waals surface area contributed by atoms with Gasteiger partial charge in [0, 0.05) is 16.8 Å². The minimum atomic E-state index is -3.74. The van der Waals surface area contributed by atoms with E-state index >= 15 is 0 Å². The summed E-state index contributed by atoms with van der Waals surface area (Å²) in [5.74, 6) is -0.815.